The van der Waals surface area contributed by atoms with Gasteiger partial charge in [0.25, 0.3) is 0 Å². The Balaban J connectivity index is 2.26. The first-order valence-electron chi connectivity index (χ1n) is 6.08. The minimum absolute atomic E-state index is 0.227. The van der Waals surface area contributed by atoms with Crippen molar-refractivity contribution in [3.05, 3.63) is 0 Å². The van der Waals surface area contributed by atoms with E-state index in [1.807, 2.05) is 11.8 Å². The van der Waals surface area contributed by atoms with Gasteiger partial charge in [-0.05, 0) is 50.8 Å². The van der Waals surface area contributed by atoms with Crippen molar-refractivity contribution in [2.45, 2.75) is 45.6 Å². The van der Waals surface area contributed by atoms with Gasteiger partial charge in [-0.15, -0.1) is 0 Å². The van der Waals surface area contributed by atoms with Gasteiger partial charge >= 0.3 is 0 Å². The molecule has 0 amide bonds. The normalized spacial score (nSPS) is 22.9. The van der Waals surface area contributed by atoms with Crippen LogP contribution < -0.4 is 0 Å². The first kappa shape index (κ1) is 13.0. The summed E-state index contributed by atoms with van der Waals surface area (Å²) < 4.78 is 0. The lowest BCUT2D eigenvalue weighted by Gasteiger charge is -2.34. The van der Waals surface area contributed by atoms with Crippen LogP contribution in [0.1, 0.15) is 39.5 Å². The van der Waals surface area contributed by atoms with Gasteiger partial charge in [-0.3, -0.25) is 9.69 Å². The van der Waals surface area contributed by atoms with Crippen LogP contribution in [0.15, 0.2) is 0 Å². The molecule has 0 spiro atoms. The molecule has 0 N–H and O–H groups in total. The maximum atomic E-state index is 11.5. The number of likely N-dealkylation sites (tertiary alicyclic amines) is 1. The number of carbonyl (C=O) groups is 1. The Hall–Kier alpha value is -0.0200. The van der Waals surface area contributed by atoms with E-state index >= 15 is 0 Å². The van der Waals surface area contributed by atoms with E-state index in [9.17, 15) is 4.79 Å². The highest BCUT2D eigenvalue weighted by atomic mass is 32.2. The maximum Gasteiger partial charge on any atom is 0.146 e. The number of hydrogen-bond donors (Lipinski definition) is 0. The second kappa shape index (κ2) is 7.29. The summed E-state index contributed by atoms with van der Waals surface area (Å²) in [6.45, 7) is 6.17. The van der Waals surface area contributed by atoms with Crippen LogP contribution in [0.2, 0.25) is 0 Å². The van der Waals surface area contributed by atoms with Gasteiger partial charge < -0.3 is 0 Å². The molecular formula is C12H23NOS. The lowest BCUT2D eigenvalue weighted by atomic mass is 9.99. The van der Waals surface area contributed by atoms with Crippen molar-refractivity contribution in [1.29, 1.82) is 0 Å². The van der Waals surface area contributed by atoms with Crippen molar-refractivity contribution in [1.82, 2.24) is 4.90 Å². The summed E-state index contributed by atoms with van der Waals surface area (Å²) in [5, 5.41) is 0. The smallest absolute Gasteiger partial charge is 0.146 e. The van der Waals surface area contributed by atoms with Gasteiger partial charge in [0.15, 0.2) is 0 Å². The SMILES string of the molecule is CCSCCCN1CCCCC1C(C)=O. The van der Waals surface area contributed by atoms with E-state index in [4.69, 9.17) is 0 Å². The van der Waals surface area contributed by atoms with Gasteiger partial charge in [-0.1, -0.05) is 13.3 Å². The zero-order valence-corrected chi connectivity index (χ0v) is 10.8. The van der Waals surface area contributed by atoms with Crippen molar-refractivity contribution >= 4 is 17.5 Å². The molecule has 1 unspecified atom stereocenters. The van der Waals surface area contributed by atoms with Gasteiger partial charge in [0.2, 0.25) is 0 Å². The van der Waals surface area contributed by atoms with Crippen molar-refractivity contribution in [2.24, 2.45) is 0 Å². The molecule has 0 saturated carbocycles. The molecule has 0 aromatic heterocycles. The van der Waals surface area contributed by atoms with Crippen LogP contribution >= 0.6 is 11.8 Å². The standard InChI is InChI=1S/C12H23NOS/c1-3-15-10-6-9-13-8-5-4-7-12(13)11(2)14/h12H,3-10H2,1-2H3. The molecule has 0 aromatic rings. The molecule has 1 fully saturated rings. The third-order valence-electron chi connectivity index (χ3n) is 3.02. The van der Waals surface area contributed by atoms with Crippen molar-refractivity contribution in [3.8, 4) is 0 Å². The van der Waals surface area contributed by atoms with Gasteiger partial charge in [0.1, 0.15) is 5.78 Å². The van der Waals surface area contributed by atoms with Crippen molar-refractivity contribution in [2.75, 3.05) is 24.6 Å². The van der Waals surface area contributed by atoms with E-state index in [-0.39, 0.29) is 6.04 Å². The van der Waals surface area contributed by atoms with E-state index in [0.717, 1.165) is 19.5 Å². The van der Waals surface area contributed by atoms with Crippen LogP contribution in [-0.4, -0.2) is 41.3 Å². The Bertz CT molecular complexity index is 196. The molecule has 0 aromatic carbocycles. The largest absolute Gasteiger partial charge is 0.298 e. The fraction of sp³-hybridized carbons (Fsp3) is 0.917. The number of piperidine rings is 1. The summed E-state index contributed by atoms with van der Waals surface area (Å²) in [6, 6.07) is 0.227. The molecule has 1 saturated heterocycles. The maximum absolute atomic E-state index is 11.5. The summed E-state index contributed by atoms with van der Waals surface area (Å²) in [5.74, 6) is 2.80. The van der Waals surface area contributed by atoms with E-state index < -0.39 is 0 Å². The molecule has 0 radical (unpaired) electrons. The Morgan fingerprint density at radius 1 is 1.47 bits per heavy atom. The van der Waals surface area contributed by atoms with Crippen LogP contribution in [0.4, 0.5) is 0 Å². The number of thioether (sulfide) groups is 1. The van der Waals surface area contributed by atoms with E-state index in [0.29, 0.717) is 5.78 Å². The Morgan fingerprint density at radius 2 is 2.27 bits per heavy atom. The topological polar surface area (TPSA) is 20.3 Å². The first-order chi connectivity index (χ1) is 7.25. The van der Waals surface area contributed by atoms with Crippen LogP contribution in [0.25, 0.3) is 0 Å². The van der Waals surface area contributed by atoms with Gasteiger partial charge in [0, 0.05) is 0 Å². The average Bonchev–Trinajstić information content (AvgIpc) is 2.25. The number of hydrogen-bond acceptors (Lipinski definition) is 3. The molecule has 1 aliphatic rings. The van der Waals surface area contributed by atoms with Crippen LogP contribution in [0.5, 0.6) is 0 Å². The quantitative estimate of drug-likeness (QED) is 0.653. The van der Waals surface area contributed by atoms with E-state index in [1.165, 1.54) is 30.8 Å². The third-order valence-corrected chi connectivity index (χ3v) is 4.01. The summed E-state index contributed by atoms with van der Waals surface area (Å²) in [6.07, 6.45) is 4.80. The first-order valence-corrected chi connectivity index (χ1v) is 7.23. The monoisotopic (exact) mass is 229 g/mol. The number of ketones is 1. The zero-order chi connectivity index (χ0) is 11.1. The number of Topliss-reactive ketones (excluding diaryl/α,β-unsaturated/α-hetero) is 1. The molecular weight excluding hydrogens is 206 g/mol. The fourth-order valence-electron chi connectivity index (χ4n) is 2.23. The minimum atomic E-state index is 0.227. The molecule has 3 heteroatoms. The van der Waals surface area contributed by atoms with Gasteiger partial charge in [-0.2, -0.15) is 11.8 Å². The Labute approximate surface area is 97.8 Å². The molecule has 15 heavy (non-hydrogen) atoms. The minimum Gasteiger partial charge on any atom is -0.298 e. The fourth-order valence-corrected chi connectivity index (χ4v) is 2.85. The van der Waals surface area contributed by atoms with Gasteiger partial charge in [0.05, 0.1) is 6.04 Å². The van der Waals surface area contributed by atoms with E-state index in [2.05, 4.69) is 11.8 Å². The van der Waals surface area contributed by atoms with Crippen molar-refractivity contribution < 1.29 is 4.79 Å². The molecule has 88 valence electrons. The lowest BCUT2D eigenvalue weighted by Crippen LogP contribution is -2.44. The van der Waals surface area contributed by atoms with Crippen LogP contribution in [-0.2, 0) is 4.79 Å². The predicted molar refractivity (Wildman–Crippen MR) is 67.5 cm³/mol. The molecule has 1 heterocycles. The average molecular weight is 229 g/mol. The molecule has 1 atom stereocenters. The number of rotatable bonds is 6. The second-order valence-electron chi connectivity index (χ2n) is 4.21. The molecule has 2 nitrogen and oxygen atoms in total. The number of nitrogens with zero attached hydrogens (tertiary/aromatic N) is 1. The highest BCUT2D eigenvalue weighted by molar-refractivity contribution is 7.99. The molecule has 1 aliphatic heterocycles. The van der Waals surface area contributed by atoms with Crippen molar-refractivity contribution in [3.63, 3.8) is 0 Å². The Kier molecular flexibility index (Phi) is 6.34. The lowest BCUT2D eigenvalue weighted by molar-refractivity contribution is -0.123. The highest BCUT2D eigenvalue weighted by Crippen LogP contribution is 2.18. The molecule has 0 bridgehead atoms. The highest BCUT2D eigenvalue weighted by Gasteiger charge is 2.24. The molecule has 0 aliphatic carbocycles. The Morgan fingerprint density at radius 3 is 2.93 bits per heavy atom. The zero-order valence-electron chi connectivity index (χ0n) is 10.00. The predicted octanol–water partition coefficient (Wildman–Crippen LogP) is 2.57. The van der Waals surface area contributed by atoms with Crippen LogP contribution in [0.3, 0.4) is 0 Å². The van der Waals surface area contributed by atoms with Gasteiger partial charge in [-0.25, -0.2) is 0 Å². The summed E-state index contributed by atoms with van der Waals surface area (Å²) >= 11 is 1.99. The molecule has 1 rings (SSSR count). The third kappa shape index (κ3) is 4.56. The summed E-state index contributed by atoms with van der Waals surface area (Å²) in [7, 11) is 0. The second-order valence-corrected chi connectivity index (χ2v) is 5.60. The van der Waals surface area contributed by atoms with Crippen LogP contribution in [0, 0.1) is 0 Å². The summed E-state index contributed by atoms with van der Waals surface area (Å²) in [4.78, 5) is 13.8. The number of carbonyl (C=O) groups excluding carboxylic acids is 1. The summed E-state index contributed by atoms with van der Waals surface area (Å²) in [5.41, 5.74) is 0. The van der Waals surface area contributed by atoms with E-state index in [1.54, 1.807) is 6.92 Å².